The Bertz CT molecular complexity index is 306. The van der Waals surface area contributed by atoms with Crippen molar-refractivity contribution >= 4 is 11.6 Å². The summed E-state index contributed by atoms with van der Waals surface area (Å²) in [4.78, 5) is 4.33. The second-order valence-corrected chi connectivity index (χ2v) is 3.77. The van der Waals surface area contributed by atoms with Gasteiger partial charge in [0.15, 0.2) is 5.15 Å². The number of fused-ring (bicyclic) bond motifs is 1. The van der Waals surface area contributed by atoms with E-state index in [2.05, 4.69) is 9.55 Å². The van der Waals surface area contributed by atoms with Crippen LogP contribution in [0.3, 0.4) is 0 Å². The van der Waals surface area contributed by atoms with Gasteiger partial charge >= 0.3 is 0 Å². The zero-order valence-electron chi connectivity index (χ0n) is 7.59. The minimum absolute atomic E-state index is 0.646. The van der Waals surface area contributed by atoms with Crippen molar-refractivity contribution in [1.82, 2.24) is 9.55 Å². The lowest BCUT2D eigenvalue weighted by molar-refractivity contribution is 0.514. The molecule has 1 aliphatic rings. The van der Waals surface area contributed by atoms with Crippen molar-refractivity contribution in [3.8, 4) is 0 Å². The number of halogens is 1. The van der Waals surface area contributed by atoms with Gasteiger partial charge in [-0.05, 0) is 25.8 Å². The van der Waals surface area contributed by atoms with Gasteiger partial charge in [0.2, 0.25) is 0 Å². The van der Waals surface area contributed by atoms with E-state index in [1.807, 2.05) is 0 Å². The van der Waals surface area contributed by atoms with Gasteiger partial charge in [-0.15, -0.1) is 0 Å². The number of nitrogens with zero attached hydrogens (tertiary/aromatic N) is 2. The van der Waals surface area contributed by atoms with Gasteiger partial charge in [0, 0.05) is 13.0 Å². The molecule has 0 amide bonds. The maximum absolute atomic E-state index is 6.03. The van der Waals surface area contributed by atoms with Crippen LogP contribution in [0.5, 0.6) is 0 Å². The summed E-state index contributed by atoms with van der Waals surface area (Å²) in [6.07, 6.45) is 4.36. The van der Waals surface area contributed by atoms with E-state index in [1.165, 1.54) is 18.5 Å². The Morgan fingerprint density at radius 2 is 2.31 bits per heavy atom. The molecular formula is C9H14ClN3. The standard InChI is InChI=1S/C9H14ClN3/c10-9-7-3-1-2-6-13(7)8(12-9)4-5-11/h1-6,11H2. The van der Waals surface area contributed by atoms with Crippen LogP contribution in [0, 0.1) is 0 Å². The molecular weight excluding hydrogens is 186 g/mol. The molecule has 0 aliphatic carbocycles. The average Bonchev–Trinajstić information content (AvgIpc) is 2.46. The van der Waals surface area contributed by atoms with E-state index in [4.69, 9.17) is 17.3 Å². The Morgan fingerprint density at radius 3 is 3.08 bits per heavy atom. The second-order valence-electron chi connectivity index (χ2n) is 3.41. The molecule has 4 heteroatoms. The third kappa shape index (κ3) is 1.58. The first-order chi connectivity index (χ1) is 6.33. The summed E-state index contributed by atoms with van der Waals surface area (Å²) in [5, 5.41) is 0.683. The monoisotopic (exact) mass is 199 g/mol. The van der Waals surface area contributed by atoms with Crippen LogP contribution in [0.2, 0.25) is 5.15 Å². The normalized spacial score (nSPS) is 15.8. The molecule has 0 radical (unpaired) electrons. The first-order valence-electron chi connectivity index (χ1n) is 4.76. The molecule has 0 atom stereocenters. The van der Waals surface area contributed by atoms with E-state index in [1.54, 1.807) is 0 Å². The second kappa shape index (κ2) is 3.68. The van der Waals surface area contributed by atoms with Gasteiger partial charge < -0.3 is 10.3 Å². The largest absolute Gasteiger partial charge is 0.331 e. The van der Waals surface area contributed by atoms with Crippen LogP contribution >= 0.6 is 11.6 Å². The van der Waals surface area contributed by atoms with Crippen molar-refractivity contribution in [2.45, 2.75) is 32.2 Å². The summed E-state index contributed by atoms with van der Waals surface area (Å²) in [7, 11) is 0. The maximum atomic E-state index is 6.03. The molecule has 13 heavy (non-hydrogen) atoms. The molecule has 0 bridgehead atoms. The molecule has 0 aromatic carbocycles. The van der Waals surface area contributed by atoms with Crippen molar-refractivity contribution in [1.29, 1.82) is 0 Å². The molecule has 2 heterocycles. The zero-order valence-corrected chi connectivity index (χ0v) is 8.35. The van der Waals surface area contributed by atoms with E-state index in [9.17, 15) is 0 Å². The van der Waals surface area contributed by atoms with Crippen LogP contribution in [0.25, 0.3) is 0 Å². The molecule has 1 aromatic heterocycles. The predicted octanol–water partition coefficient (Wildman–Crippen LogP) is 1.37. The van der Waals surface area contributed by atoms with Gasteiger partial charge in [0.1, 0.15) is 5.82 Å². The van der Waals surface area contributed by atoms with Crippen LogP contribution < -0.4 is 5.73 Å². The highest BCUT2D eigenvalue weighted by atomic mass is 35.5. The summed E-state index contributed by atoms with van der Waals surface area (Å²) < 4.78 is 2.23. The van der Waals surface area contributed by atoms with Gasteiger partial charge in [0.05, 0.1) is 5.69 Å². The summed E-state index contributed by atoms with van der Waals surface area (Å²) in [5.74, 6) is 1.06. The molecule has 1 aromatic rings. The Morgan fingerprint density at radius 1 is 1.46 bits per heavy atom. The minimum Gasteiger partial charge on any atom is -0.331 e. The number of hydrogen-bond acceptors (Lipinski definition) is 2. The lowest BCUT2D eigenvalue weighted by Gasteiger charge is -2.16. The van der Waals surface area contributed by atoms with Crippen molar-refractivity contribution in [2.75, 3.05) is 6.54 Å². The van der Waals surface area contributed by atoms with Gasteiger partial charge in [-0.1, -0.05) is 11.6 Å². The molecule has 2 rings (SSSR count). The summed E-state index contributed by atoms with van der Waals surface area (Å²) in [5.41, 5.74) is 6.71. The fourth-order valence-corrected chi connectivity index (χ4v) is 2.18. The molecule has 0 saturated heterocycles. The molecule has 0 unspecified atom stereocenters. The molecule has 3 nitrogen and oxygen atoms in total. The first-order valence-corrected chi connectivity index (χ1v) is 5.14. The summed E-state index contributed by atoms with van der Waals surface area (Å²) in [6.45, 7) is 1.71. The van der Waals surface area contributed by atoms with Crippen LogP contribution in [-0.4, -0.2) is 16.1 Å². The highest BCUT2D eigenvalue weighted by molar-refractivity contribution is 6.30. The number of nitrogens with two attached hydrogens (primary N) is 1. The van der Waals surface area contributed by atoms with E-state index in [0.29, 0.717) is 11.7 Å². The highest BCUT2D eigenvalue weighted by Gasteiger charge is 2.17. The predicted molar refractivity (Wildman–Crippen MR) is 52.9 cm³/mol. The minimum atomic E-state index is 0.646. The lowest BCUT2D eigenvalue weighted by atomic mass is 10.1. The molecule has 0 spiro atoms. The highest BCUT2D eigenvalue weighted by Crippen LogP contribution is 2.24. The van der Waals surface area contributed by atoms with Crippen LogP contribution in [0.15, 0.2) is 0 Å². The molecule has 72 valence electrons. The van der Waals surface area contributed by atoms with Crippen molar-refractivity contribution in [3.05, 3.63) is 16.7 Å². The third-order valence-corrected chi connectivity index (χ3v) is 2.82. The Balaban J connectivity index is 2.36. The number of hydrogen-bond donors (Lipinski definition) is 1. The van der Waals surface area contributed by atoms with Gasteiger partial charge in [-0.2, -0.15) is 0 Å². The maximum Gasteiger partial charge on any atom is 0.150 e. The quantitative estimate of drug-likeness (QED) is 0.782. The first kappa shape index (κ1) is 9.03. The summed E-state index contributed by atoms with van der Waals surface area (Å²) in [6, 6.07) is 0. The van der Waals surface area contributed by atoms with Crippen molar-refractivity contribution in [3.63, 3.8) is 0 Å². The van der Waals surface area contributed by atoms with Crippen molar-refractivity contribution in [2.24, 2.45) is 5.73 Å². The zero-order chi connectivity index (χ0) is 9.26. The van der Waals surface area contributed by atoms with E-state index in [-0.39, 0.29) is 0 Å². The van der Waals surface area contributed by atoms with E-state index >= 15 is 0 Å². The van der Waals surface area contributed by atoms with Gasteiger partial charge in [0.25, 0.3) is 0 Å². The lowest BCUT2D eigenvalue weighted by Crippen LogP contribution is -2.15. The summed E-state index contributed by atoms with van der Waals surface area (Å²) >= 11 is 6.03. The number of aromatic nitrogens is 2. The van der Waals surface area contributed by atoms with Crippen LogP contribution in [0.4, 0.5) is 0 Å². The van der Waals surface area contributed by atoms with E-state index < -0.39 is 0 Å². The molecule has 2 N–H and O–H groups in total. The Kier molecular flexibility index (Phi) is 2.56. The number of rotatable bonds is 2. The number of imidazole rings is 1. The van der Waals surface area contributed by atoms with Gasteiger partial charge in [-0.25, -0.2) is 4.98 Å². The SMILES string of the molecule is NCCc1nc(Cl)c2n1CCCC2. The van der Waals surface area contributed by atoms with Crippen LogP contribution in [-0.2, 0) is 19.4 Å². The van der Waals surface area contributed by atoms with Crippen LogP contribution in [0.1, 0.15) is 24.4 Å². The third-order valence-electron chi connectivity index (χ3n) is 2.52. The molecule has 1 aliphatic heterocycles. The fraction of sp³-hybridized carbons (Fsp3) is 0.667. The molecule has 0 fully saturated rings. The Labute approximate surface area is 82.9 Å². The smallest absolute Gasteiger partial charge is 0.150 e. The Hall–Kier alpha value is -0.540. The molecule has 0 saturated carbocycles. The topological polar surface area (TPSA) is 43.8 Å². The van der Waals surface area contributed by atoms with E-state index in [0.717, 1.165) is 25.2 Å². The fourth-order valence-electron chi connectivity index (χ4n) is 1.89. The van der Waals surface area contributed by atoms with Crippen molar-refractivity contribution < 1.29 is 0 Å². The average molecular weight is 200 g/mol. The van der Waals surface area contributed by atoms with Gasteiger partial charge in [-0.3, -0.25) is 0 Å².